The zero-order valence-corrected chi connectivity index (χ0v) is 22.3. The molecule has 0 heterocycles. The lowest BCUT2D eigenvalue weighted by atomic mass is 10.2. The van der Waals surface area contributed by atoms with Gasteiger partial charge in [-0.3, -0.25) is 9.59 Å². The molecule has 4 rings (SSSR count). The number of phenolic OH excluding ortho intramolecular Hbond substituents is 1. The molecule has 0 saturated heterocycles. The van der Waals surface area contributed by atoms with E-state index in [4.69, 9.17) is 33.0 Å². The normalized spacial score (nSPS) is 9.50. The van der Waals surface area contributed by atoms with Gasteiger partial charge in [-0.15, -0.1) is 0 Å². The summed E-state index contributed by atoms with van der Waals surface area (Å²) in [6, 6.07) is 22.4. The van der Waals surface area contributed by atoms with Gasteiger partial charge >= 0.3 is 0 Å². The Morgan fingerprint density at radius 1 is 0.737 bits per heavy atom. The largest absolute Gasteiger partial charge is 0.505 e. The Bertz CT molecular complexity index is 1300. The summed E-state index contributed by atoms with van der Waals surface area (Å²) in [5.74, 6) is -1.64. The van der Waals surface area contributed by atoms with Gasteiger partial charge in [0.15, 0.2) is 23.1 Å². The molecule has 200 valence electrons. The van der Waals surface area contributed by atoms with Crippen LogP contribution in [0.15, 0.2) is 84.9 Å². The lowest BCUT2D eigenvalue weighted by Gasteiger charge is -2.07. The van der Waals surface area contributed by atoms with E-state index in [9.17, 15) is 18.4 Å². The molecule has 0 spiro atoms. The van der Waals surface area contributed by atoms with Crippen LogP contribution in [0.4, 0.5) is 8.78 Å². The van der Waals surface area contributed by atoms with Gasteiger partial charge in [0.2, 0.25) is 0 Å². The van der Waals surface area contributed by atoms with E-state index in [1.165, 1.54) is 23.8 Å². The maximum atomic E-state index is 13.5. The average Bonchev–Trinajstić information content (AvgIpc) is 2.91. The molecule has 0 aliphatic carbocycles. The van der Waals surface area contributed by atoms with Crippen molar-refractivity contribution >= 4 is 51.7 Å². The molecule has 4 nitrogen and oxygen atoms in total. The van der Waals surface area contributed by atoms with Gasteiger partial charge in [-0.05, 0) is 71.8 Å². The van der Waals surface area contributed by atoms with Crippen molar-refractivity contribution in [2.45, 2.75) is 19.4 Å². The third-order valence-corrected chi connectivity index (χ3v) is 5.73. The molecule has 4 aromatic rings. The fourth-order valence-electron chi connectivity index (χ4n) is 2.62. The highest BCUT2D eigenvalue weighted by atomic mass is 79.9. The number of aromatic hydroxyl groups is 1. The van der Waals surface area contributed by atoms with E-state index < -0.39 is 17.4 Å². The van der Waals surface area contributed by atoms with Crippen molar-refractivity contribution in [1.82, 2.24) is 0 Å². The Balaban J connectivity index is 0.000000307. The number of phenols is 1. The molecule has 0 atom stereocenters. The number of benzene rings is 4. The summed E-state index contributed by atoms with van der Waals surface area (Å²) in [5, 5.41) is 11.0. The van der Waals surface area contributed by atoms with E-state index in [0.717, 1.165) is 34.1 Å². The molecule has 0 aliphatic heterocycles. The van der Waals surface area contributed by atoms with Crippen LogP contribution >= 0.6 is 39.1 Å². The lowest BCUT2D eigenvalue weighted by molar-refractivity contribution is 0.111. The van der Waals surface area contributed by atoms with Crippen LogP contribution in [0.25, 0.3) is 0 Å². The number of alkyl halides is 1. The molecule has 0 aromatic heterocycles. The Labute approximate surface area is 238 Å². The van der Waals surface area contributed by atoms with E-state index >= 15 is 0 Å². The molecule has 0 fully saturated rings. The van der Waals surface area contributed by atoms with Gasteiger partial charge in [-0.1, -0.05) is 70.8 Å². The maximum absolute atomic E-state index is 13.5. The van der Waals surface area contributed by atoms with Crippen molar-refractivity contribution < 1.29 is 28.2 Å². The van der Waals surface area contributed by atoms with Gasteiger partial charge in [0.05, 0.1) is 0 Å². The summed E-state index contributed by atoms with van der Waals surface area (Å²) in [6.07, 6.45) is 1.11. The summed E-state index contributed by atoms with van der Waals surface area (Å²) in [7, 11) is 0. The van der Waals surface area contributed by atoms with E-state index in [1.807, 2.05) is 24.3 Å². The fourth-order valence-corrected chi connectivity index (χ4v) is 3.24. The van der Waals surface area contributed by atoms with Crippen molar-refractivity contribution in [3.8, 4) is 11.5 Å². The van der Waals surface area contributed by atoms with Crippen molar-refractivity contribution in [1.29, 1.82) is 0 Å². The molecule has 38 heavy (non-hydrogen) atoms. The number of hydrogen-bond acceptors (Lipinski definition) is 4. The Morgan fingerprint density at radius 2 is 1.21 bits per heavy atom. The zero-order valence-electron chi connectivity index (χ0n) is 19.2. The maximum Gasteiger partial charge on any atom is 0.165 e. The number of carbonyl (C=O) groups is 2. The van der Waals surface area contributed by atoms with Gasteiger partial charge in [0, 0.05) is 26.5 Å². The minimum Gasteiger partial charge on any atom is -0.505 e. The van der Waals surface area contributed by atoms with Crippen LogP contribution in [0.1, 0.15) is 39.3 Å². The van der Waals surface area contributed by atoms with Crippen LogP contribution in [-0.2, 0) is 11.9 Å². The highest BCUT2D eigenvalue weighted by Crippen LogP contribution is 2.20. The molecule has 0 saturated carbocycles. The first-order valence-corrected chi connectivity index (χ1v) is 12.5. The van der Waals surface area contributed by atoms with Crippen LogP contribution in [-0.4, -0.2) is 17.7 Å². The first kappa shape index (κ1) is 32.8. The minimum atomic E-state index is -0.774. The van der Waals surface area contributed by atoms with Crippen molar-refractivity contribution in [2.24, 2.45) is 0 Å². The van der Waals surface area contributed by atoms with E-state index in [1.54, 1.807) is 24.3 Å². The fraction of sp³-hybridized carbons (Fsp3) is 0.103. The second-order valence-corrected chi connectivity index (χ2v) is 8.75. The predicted molar refractivity (Wildman–Crippen MR) is 152 cm³/mol. The number of ether oxygens (including phenoxy) is 1. The van der Waals surface area contributed by atoms with Crippen LogP contribution in [0.2, 0.25) is 10.0 Å². The van der Waals surface area contributed by atoms with Crippen molar-refractivity contribution in [3.05, 3.63) is 129 Å². The lowest BCUT2D eigenvalue weighted by Crippen LogP contribution is -1.97. The van der Waals surface area contributed by atoms with Crippen LogP contribution < -0.4 is 4.74 Å². The van der Waals surface area contributed by atoms with Gasteiger partial charge in [-0.2, -0.15) is 0 Å². The third kappa shape index (κ3) is 11.4. The first-order valence-electron chi connectivity index (χ1n) is 10.6. The number of carbonyl (C=O) groups excluding carboxylic acids is 2. The molecule has 9 heteroatoms. The standard InChI is InChI=1S/C14H10ClFO2.C7H6BrCl.C7H5FO2.CH4/c15-12-4-1-10(2-5-12)9-18-14-6-3-11(8-17)7-13(14)16;8-5-6-1-3-7(9)4-2-6;8-6-3-5(4-9)1-2-7(6)10;/h1-8H,9H2;1-4H,5H2;1-4,10H;1H4. The second kappa shape index (κ2) is 17.3. The van der Waals surface area contributed by atoms with Gasteiger partial charge in [-0.25, -0.2) is 8.78 Å². The number of halogens is 5. The first-order chi connectivity index (χ1) is 17.7. The Hall–Kier alpha value is -3.26. The number of aldehydes is 2. The summed E-state index contributed by atoms with van der Waals surface area (Å²) < 4.78 is 31.2. The topological polar surface area (TPSA) is 63.6 Å². The molecule has 0 unspecified atom stereocenters. The molecule has 1 N–H and O–H groups in total. The molecular weight excluding hydrogens is 601 g/mol. The molecule has 0 radical (unpaired) electrons. The van der Waals surface area contributed by atoms with Gasteiger partial charge in [0.1, 0.15) is 19.2 Å². The van der Waals surface area contributed by atoms with Crippen molar-refractivity contribution in [3.63, 3.8) is 0 Å². The van der Waals surface area contributed by atoms with E-state index in [2.05, 4.69) is 15.9 Å². The molecular formula is C29H25BrCl2F2O4. The average molecular weight is 626 g/mol. The van der Waals surface area contributed by atoms with Crippen LogP contribution in [0.5, 0.6) is 11.5 Å². The summed E-state index contributed by atoms with van der Waals surface area (Å²) in [4.78, 5) is 20.5. The monoisotopic (exact) mass is 624 g/mol. The SMILES string of the molecule is C.Clc1ccc(CBr)cc1.O=Cc1ccc(O)c(F)c1.O=Cc1ccc(OCc2ccc(Cl)cc2)c(F)c1. The number of hydrogen-bond donors (Lipinski definition) is 1. The number of rotatable bonds is 6. The molecule has 0 bridgehead atoms. The minimum absolute atomic E-state index is 0. The quantitative estimate of drug-likeness (QED) is 0.171. The molecule has 0 aliphatic rings. The highest BCUT2D eigenvalue weighted by molar-refractivity contribution is 9.08. The molecule has 4 aromatic carbocycles. The van der Waals surface area contributed by atoms with Crippen LogP contribution in [0.3, 0.4) is 0 Å². The summed E-state index contributed by atoms with van der Waals surface area (Å²) >= 11 is 14.7. The summed E-state index contributed by atoms with van der Waals surface area (Å²) in [6.45, 7) is 0.245. The van der Waals surface area contributed by atoms with Crippen molar-refractivity contribution in [2.75, 3.05) is 0 Å². The van der Waals surface area contributed by atoms with Gasteiger partial charge in [0.25, 0.3) is 0 Å². The Kier molecular flexibility index (Phi) is 14.9. The second-order valence-electron chi connectivity index (χ2n) is 7.31. The smallest absolute Gasteiger partial charge is 0.165 e. The van der Waals surface area contributed by atoms with Gasteiger partial charge < -0.3 is 9.84 Å². The predicted octanol–water partition coefficient (Wildman–Crippen LogP) is 9.09. The van der Waals surface area contributed by atoms with Crippen LogP contribution in [0, 0.1) is 11.6 Å². The molecule has 0 amide bonds. The zero-order chi connectivity index (χ0) is 27.2. The van der Waals surface area contributed by atoms with E-state index in [-0.39, 0.29) is 30.9 Å². The Morgan fingerprint density at radius 3 is 1.66 bits per heavy atom. The third-order valence-electron chi connectivity index (χ3n) is 4.57. The summed E-state index contributed by atoms with van der Waals surface area (Å²) in [5.41, 5.74) is 2.64. The highest BCUT2D eigenvalue weighted by Gasteiger charge is 2.05. The van der Waals surface area contributed by atoms with E-state index in [0.29, 0.717) is 17.6 Å².